The maximum Gasteiger partial charge on any atom is 0.336 e. The van der Waals surface area contributed by atoms with Gasteiger partial charge in [0.2, 0.25) is 0 Å². The maximum atomic E-state index is 11.9. The summed E-state index contributed by atoms with van der Waals surface area (Å²) >= 11 is 6.34. The van der Waals surface area contributed by atoms with E-state index in [-0.39, 0.29) is 5.63 Å². The first-order valence-electron chi connectivity index (χ1n) is 8.08. The molecule has 1 fully saturated rings. The zero-order valence-corrected chi connectivity index (χ0v) is 14.4. The molecule has 0 bridgehead atoms. The van der Waals surface area contributed by atoms with Gasteiger partial charge in [-0.3, -0.25) is 0 Å². The molecule has 1 aliphatic rings. The van der Waals surface area contributed by atoms with Crippen LogP contribution in [0.3, 0.4) is 0 Å². The van der Waals surface area contributed by atoms with E-state index in [2.05, 4.69) is 11.9 Å². The first kappa shape index (κ1) is 16.5. The highest BCUT2D eigenvalue weighted by Gasteiger charge is 2.18. The molecule has 0 saturated carbocycles. The maximum absolute atomic E-state index is 11.9. The summed E-state index contributed by atoms with van der Waals surface area (Å²) in [7, 11) is 2.07. The number of nitrogens with zero attached hydrogens (tertiary/aromatic N) is 1. The molecule has 0 radical (unpaired) electrons. The molecule has 1 saturated heterocycles. The van der Waals surface area contributed by atoms with Gasteiger partial charge in [-0.05, 0) is 49.1 Å². The fraction of sp³-hybridized carbons (Fsp3) is 0.500. The highest BCUT2D eigenvalue weighted by Crippen LogP contribution is 2.27. The zero-order valence-electron chi connectivity index (χ0n) is 13.6. The molecule has 1 aromatic heterocycles. The molecule has 5 heteroatoms. The molecule has 3 rings (SSSR count). The fourth-order valence-electron chi connectivity index (χ4n) is 3.21. The molecule has 0 amide bonds. The van der Waals surface area contributed by atoms with Crippen molar-refractivity contribution in [2.45, 2.75) is 26.3 Å². The number of aryl methyl sites for hydroxylation is 1. The Bertz CT molecular complexity index is 750. The highest BCUT2D eigenvalue weighted by atomic mass is 35.5. The van der Waals surface area contributed by atoms with Crippen molar-refractivity contribution in [3.63, 3.8) is 0 Å². The van der Waals surface area contributed by atoms with Gasteiger partial charge >= 0.3 is 5.63 Å². The van der Waals surface area contributed by atoms with E-state index in [9.17, 15) is 4.79 Å². The molecule has 1 unspecified atom stereocenters. The summed E-state index contributed by atoms with van der Waals surface area (Å²) in [5.74, 6) is 0.571. The second-order valence-electron chi connectivity index (χ2n) is 6.31. The molecule has 0 aliphatic carbocycles. The second kappa shape index (κ2) is 7.04. The summed E-state index contributed by atoms with van der Waals surface area (Å²) in [6.45, 7) is 5.37. The van der Waals surface area contributed by atoms with Gasteiger partial charge in [-0.25, -0.2) is 4.79 Å². The number of hydrogen-bond acceptors (Lipinski definition) is 4. The summed E-state index contributed by atoms with van der Waals surface area (Å²) in [5, 5.41) is 1.64. The number of benzene rings is 1. The molecule has 0 N–H and O–H groups in total. The van der Waals surface area contributed by atoms with Gasteiger partial charge in [0.25, 0.3) is 0 Å². The van der Waals surface area contributed by atoms with Crippen LogP contribution in [0.25, 0.3) is 11.0 Å². The Balaban J connectivity index is 1.89. The van der Waals surface area contributed by atoms with E-state index in [0.717, 1.165) is 54.1 Å². The van der Waals surface area contributed by atoms with Gasteiger partial charge in [0.05, 0.1) is 6.61 Å². The Labute approximate surface area is 141 Å². The molecule has 1 aromatic carbocycles. The van der Waals surface area contributed by atoms with Crippen LogP contribution in [0, 0.1) is 5.92 Å². The van der Waals surface area contributed by atoms with E-state index in [1.807, 2.05) is 19.1 Å². The third-order valence-electron chi connectivity index (χ3n) is 4.41. The van der Waals surface area contributed by atoms with Crippen molar-refractivity contribution in [1.29, 1.82) is 0 Å². The van der Waals surface area contributed by atoms with Crippen LogP contribution in [0.15, 0.2) is 27.4 Å². The molecular formula is C18H22ClNO3. The van der Waals surface area contributed by atoms with Crippen LogP contribution in [-0.2, 0) is 17.7 Å². The predicted octanol–water partition coefficient (Wildman–Crippen LogP) is 3.48. The molecule has 1 aliphatic heterocycles. The van der Waals surface area contributed by atoms with Gasteiger partial charge in [0, 0.05) is 36.2 Å². The van der Waals surface area contributed by atoms with Crippen LogP contribution < -0.4 is 5.63 Å². The minimum Gasteiger partial charge on any atom is -0.423 e. The number of rotatable bonds is 5. The number of fused-ring (bicyclic) bond motifs is 1. The smallest absolute Gasteiger partial charge is 0.336 e. The molecule has 4 nitrogen and oxygen atoms in total. The van der Waals surface area contributed by atoms with Gasteiger partial charge in [0.15, 0.2) is 0 Å². The van der Waals surface area contributed by atoms with Gasteiger partial charge < -0.3 is 14.1 Å². The average Bonchev–Trinajstić information content (AvgIpc) is 3.00. The Morgan fingerprint density at radius 3 is 2.83 bits per heavy atom. The SMILES string of the molecule is CCc1cc2oc(=O)cc(CN(C)CC3CCOC3)c2cc1Cl. The lowest BCUT2D eigenvalue weighted by Gasteiger charge is -2.20. The van der Waals surface area contributed by atoms with Crippen LogP contribution in [0.2, 0.25) is 5.02 Å². The second-order valence-corrected chi connectivity index (χ2v) is 6.72. The zero-order chi connectivity index (χ0) is 16.4. The first-order valence-corrected chi connectivity index (χ1v) is 8.46. The fourth-order valence-corrected chi connectivity index (χ4v) is 3.51. The van der Waals surface area contributed by atoms with E-state index < -0.39 is 0 Å². The minimum absolute atomic E-state index is 0.311. The summed E-state index contributed by atoms with van der Waals surface area (Å²) in [5.41, 5.74) is 2.26. The van der Waals surface area contributed by atoms with Gasteiger partial charge in [-0.2, -0.15) is 0 Å². The number of hydrogen-bond donors (Lipinski definition) is 0. The van der Waals surface area contributed by atoms with Crippen molar-refractivity contribution in [3.8, 4) is 0 Å². The molecule has 124 valence electrons. The number of ether oxygens (including phenoxy) is 1. The Hall–Kier alpha value is -1.36. The van der Waals surface area contributed by atoms with Gasteiger partial charge in [-0.1, -0.05) is 18.5 Å². The van der Waals surface area contributed by atoms with Crippen LogP contribution >= 0.6 is 11.6 Å². The topological polar surface area (TPSA) is 42.7 Å². The number of halogens is 1. The van der Waals surface area contributed by atoms with Crippen LogP contribution in [-0.4, -0.2) is 31.7 Å². The van der Waals surface area contributed by atoms with Crippen molar-refractivity contribution in [1.82, 2.24) is 4.90 Å². The standard InChI is InChI=1S/C18H22ClNO3/c1-3-13-6-17-15(8-16(13)19)14(7-18(21)23-17)10-20(2)9-12-4-5-22-11-12/h6-8,12H,3-5,9-11H2,1-2H3. The third-order valence-corrected chi connectivity index (χ3v) is 4.76. The van der Waals surface area contributed by atoms with Crippen LogP contribution in [0.1, 0.15) is 24.5 Å². The van der Waals surface area contributed by atoms with Crippen LogP contribution in [0.5, 0.6) is 0 Å². The summed E-state index contributed by atoms with van der Waals surface area (Å²) in [6, 6.07) is 5.37. The normalized spacial score (nSPS) is 18.2. The lowest BCUT2D eigenvalue weighted by atomic mass is 10.0. The summed E-state index contributed by atoms with van der Waals surface area (Å²) in [6.07, 6.45) is 1.91. The Kier molecular flexibility index (Phi) is 5.05. The van der Waals surface area contributed by atoms with Crippen molar-refractivity contribution in [2.24, 2.45) is 5.92 Å². The predicted molar refractivity (Wildman–Crippen MR) is 92.1 cm³/mol. The lowest BCUT2D eigenvalue weighted by Crippen LogP contribution is -2.26. The average molecular weight is 336 g/mol. The Morgan fingerprint density at radius 1 is 1.30 bits per heavy atom. The summed E-state index contributed by atoms with van der Waals surface area (Å²) < 4.78 is 10.8. The van der Waals surface area contributed by atoms with Gasteiger partial charge in [0.1, 0.15) is 5.58 Å². The van der Waals surface area contributed by atoms with E-state index in [4.69, 9.17) is 20.8 Å². The quantitative estimate of drug-likeness (QED) is 0.785. The lowest BCUT2D eigenvalue weighted by molar-refractivity contribution is 0.173. The first-order chi connectivity index (χ1) is 11.1. The summed E-state index contributed by atoms with van der Waals surface area (Å²) in [4.78, 5) is 14.1. The van der Waals surface area contributed by atoms with Crippen molar-refractivity contribution in [3.05, 3.63) is 44.8 Å². The van der Waals surface area contributed by atoms with E-state index in [0.29, 0.717) is 18.0 Å². The van der Waals surface area contributed by atoms with Gasteiger partial charge in [-0.15, -0.1) is 0 Å². The van der Waals surface area contributed by atoms with Crippen molar-refractivity contribution in [2.75, 3.05) is 26.8 Å². The van der Waals surface area contributed by atoms with E-state index in [1.165, 1.54) is 0 Å². The van der Waals surface area contributed by atoms with Crippen molar-refractivity contribution < 1.29 is 9.15 Å². The minimum atomic E-state index is -0.311. The molecular weight excluding hydrogens is 314 g/mol. The molecule has 2 heterocycles. The van der Waals surface area contributed by atoms with Crippen molar-refractivity contribution >= 4 is 22.6 Å². The van der Waals surface area contributed by atoms with Crippen LogP contribution in [0.4, 0.5) is 0 Å². The monoisotopic (exact) mass is 335 g/mol. The molecule has 1 atom stereocenters. The molecule has 0 spiro atoms. The van der Waals surface area contributed by atoms with E-state index >= 15 is 0 Å². The molecule has 23 heavy (non-hydrogen) atoms. The molecule has 2 aromatic rings. The highest BCUT2D eigenvalue weighted by molar-refractivity contribution is 6.32. The Morgan fingerprint density at radius 2 is 2.13 bits per heavy atom. The third kappa shape index (κ3) is 3.77. The largest absolute Gasteiger partial charge is 0.423 e. The van der Waals surface area contributed by atoms with E-state index in [1.54, 1.807) is 6.07 Å².